The Bertz CT molecular complexity index is 627. The van der Waals surface area contributed by atoms with Crippen LogP contribution in [0, 0.1) is 16.7 Å². The van der Waals surface area contributed by atoms with Gasteiger partial charge in [0.2, 0.25) is 11.8 Å². The maximum atomic E-state index is 12.9. The van der Waals surface area contributed by atoms with Gasteiger partial charge < -0.3 is 15.0 Å². The van der Waals surface area contributed by atoms with E-state index in [9.17, 15) is 9.59 Å². The van der Waals surface area contributed by atoms with E-state index in [-0.39, 0.29) is 23.1 Å². The number of hydrogen-bond acceptors (Lipinski definition) is 3. The molecule has 1 aromatic carbocycles. The number of hydrogen-bond donors (Lipinski definition) is 1. The van der Waals surface area contributed by atoms with E-state index >= 15 is 0 Å². The van der Waals surface area contributed by atoms with Gasteiger partial charge in [0, 0.05) is 26.6 Å². The Balaban J connectivity index is 1.85. The summed E-state index contributed by atoms with van der Waals surface area (Å²) in [6, 6.07) is 9.97. The van der Waals surface area contributed by atoms with Gasteiger partial charge in [0.15, 0.2) is 0 Å². The molecule has 0 saturated heterocycles. The number of nitrogens with one attached hydrogen (secondary N) is 1. The lowest BCUT2D eigenvalue weighted by Gasteiger charge is -2.40. The predicted molar refractivity (Wildman–Crippen MR) is 102 cm³/mol. The molecular weight excluding hydrogens is 328 g/mol. The highest BCUT2D eigenvalue weighted by molar-refractivity contribution is 5.87. The average molecular weight is 360 g/mol. The normalized spacial score (nSPS) is 24.3. The van der Waals surface area contributed by atoms with Gasteiger partial charge >= 0.3 is 0 Å². The first kappa shape index (κ1) is 20.4. The van der Waals surface area contributed by atoms with Crippen molar-refractivity contribution < 1.29 is 14.3 Å². The van der Waals surface area contributed by atoms with E-state index in [1.54, 1.807) is 19.0 Å². The summed E-state index contributed by atoms with van der Waals surface area (Å²) in [5.74, 6) is 0.000155. The van der Waals surface area contributed by atoms with E-state index in [1.165, 1.54) is 0 Å². The van der Waals surface area contributed by atoms with Crippen LogP contribution in [0.2, 0.25) is 0 Å². The first-order chi connectivity index (χ1) is 12.2. The number of ether oxygens (including phenoxy) is 1. The summed E-state index contributed by atoms with van der Waals surface area (Å²) in [5.41, 5.74) is 0.180. The molecule has 1 aliphatic carbocycles. The molecule has 1 fully saturated rings. The van der Waals surface area contributed by atoms with Crippen LogP contribution in [-0.2, 0) is 20.9 Å². The van der Waals surface area contributed by atoms with Crippen LogP contribution in [0.3, 0.4) is 0 Å². The summed E-state index contributed by atoms with van der Waals surface area (Å²) in [7, 11) is 3.55. The number of benzene rings is 1. The molecule has 1 aliphatic rings. The summed E-state index contributed by atoms with van der Waals surface area (Å²) in [6.45, 7) is 7.55. The molecule has 1 saturated carbocycles. The molecule has 1 N–H and O–H groups in total. The molecule has 1 aromatic rings. The van der Waals surface area contributed by atoms with E-state index in [2.05, 4.69) is 5.32 Å². The number of amides is 2. The monoisotopic (exact) mass is 360 g/mol. The highest BCUT2D eigenvalue weighted by atomic mass is 16.5. The van der Waals surface area contributed by atoms with E-state index in [0.29, 0.717) is 19.8 Å². The van der Waals surface area contributed by atoms with Crippen LogP contribution >= 0.6 is 0 Å². The van der Waals surface area contributed by atoms with Gasteiger partial charge in [-0.25, -0.2) is 0 Å². The highest BCUT2D eigenvalue weighted by Crippen LogP contribution is 2.56. The first-order valence-electron chi connectivity index (χ1n) is 9.31. The smallest absolute Gasteiger partial charge is 0.226 e. The van der Waals surface area contributed by atoms with Gasteiger partial charge in [-0.2, -0.15) is 0 Å². The van der Waals surface area contributed by atoms with Crippen LogP contribution in [0.25, 0.3) is 0 Å². The zero-order valence-corrected chi connectivity index (χ0v) is 16.7. The fraction of sp³-hybridized carbons (Fsp3) is 0.619. The maximum absolute atomic E-state index is 12.9. The molecule has 0 bridgehead atoms. The molecular formula is C21H32N2O3. The van der Waals surface area contributed by atoms with Crippen LogP contribution in [-0.4, -0.2) is 44.0 Å². The lowest BCUT2D eigenvalue weighted by atomic mass is 9.65. The molecule has 26 heavy (non-hydrogen) atoms. The van der Waals surface area contributed by atoms with E-state index in [4.69, 9.17) is 4.74 Å². The van der Waals surface area contributed by atoms with Crippen LogP contribution in [0.1, 0.15) is 39.2 Å². The zero-order chi connectivity index (χ0) is 19.4. The lowest BCUT2D eigenvalue weighted by Crippen LogP contribution is -2.49. The first-order valence-corrected chi connectivity index (χ1v) is 9.31. The van der Waals surface area contributed by atoms with Gasteiger partial charge in [-0.05, 0) is 23.8 Å². The van der Waals surface area contributed by atoms with E-state index in [1.807, 2.05) is 51.1 Å². The molecule has 2 amide bonds. The summed E-state index contributed by atoms with van der Waals surface area (Å²) in [4.78, 5) is 27.0. The van der Waals surface area contributed by atoms with Crippen molar-refractivity contribution >= 4 is 11.8 Å². The van der Waals surface area contributed by atoms with Crippen LogP contribution in [0.5, 0.6) is 0 Å². The lowest BCUT2D eigenvalue weighted by molar-refractivity contribution is -0.142. The Morgan fingerprint density at radius 3 is 2.46 bits per heavy atom. The third kappa shape index (κ3) is 4.09. The third-order valence-corrected chi connectivity index (χ3v) is 6.11. The second-order valence-electron chi connectivity index (χ2n) is 8.17. The summed E-state index contributed by atoms with van der Waals surface area (Å²) in [6.07, 6.45) is 1.47. The predicted octanol–water partition coefficient (Wildman–Crippen LogP) is 2.85. The third-order valence-electron chi connectivity index (χ3n) is 6.11. The Kier molecular flexibility index (Phi) is 6.45. The number of nitrogens with zero attached hydrogens (tertiary/aromatic N) is 1. The molecule has 5 nitrogen and oxygen atoms in total. The van der Waals surface area contributed by atoms with Crippen molar-refractivity contribution in [1.82, 2.24) is 10.2 Å². The summed E-state index contributed by atoms with van der Waals surface area (Å²) < 4.78 is 5.63. The highest BCUT2D eigenvalue weighted by Gasteiger charge is 2.58. The molecule has 2 atom stereocenters. The quantitative estimate of drug-likeness (QED) is 0.761. The standard InChI is InChI=1S/C21H32N2O3/c1-20(2)17(18(24)23(4)5)11-12-21(20,3)19(25)22-13-14-26-15-16-9-7-6-8-10-16/h6-10,17H,11-15H2,1-5H3,(H,22,25)/t17-,21+/m0/s1. The Labute approximate surface area is 157 Å². The van der Waals surface area contributed by atoms with Crippen molar-refractivity contribution in [3.8, 4) is 0 Å². The number of rotatable bonds is 7. The molecule has 0 aliphatic heterocycles. The second-order valence-corrected chi connectivity index (χ2v) is 8.17. The SMILES string of the molecule is CN(C)C(=O)[C@@H]1CC[C@](C)(C(=O)NCCOCc2ccccc2)C1(C)C. The number of carbonyl (C=O) groups excluding carboxylic acids is 2. The summed E-state index contributed by atoms with van der Waals surface area (Å²) in [5, 5.41) is 3.01. The molecule has 0 aromatic heterocycles. The van der Waals surface area contributed by atoms with Crippen LogP contribution in [0.15, 0.2) is 30.3 Å². The van der Waals surface area contributed by atoms with Gasteiger partial charge in [0.25, 0.3) is 0 Å². The fourth-order valence-corrected chi connectivity index (χ4v) is 3.85. The number of carbonyl (C=O) groups is 2. The largest absolute Gasteiger partial charge is 0.375 e. The average Bonchev–Trinajstić information content (AvgIpc) is 2.85. The van der Waals surface area contributed by atoms with Crippen molar-refractivity contribution in [2.24, 2.45) is 16.7 Å². The molecule has 0 heterocycles. The van der Waals surface area contributed by atoms with Crippen molar-refractivity contribution in [1.29, 1.82) is 0 Å². The van der Waals surface area contributed by atoms with Gasteiger partial charge in [-0.1, -0.05) is 51.1 Å². The Morgan fingerprint density at radius 1 is 1.19 bits per heavy atom. The van der Waals surface area contributed by atoms with Gasteiger partial charge in [0.1, 0.15) is 0 Å². The minimum atomic E-state index is -0.553. The van der Waals surface area contributed by atoms with Crippen molar-refractivity contribution in [2.45, 2.75) is 40.2 Å². The zero-order valence-electron chi connectivity index (χ0n) is 16.7. The second kappa shape index (κ2) is 8.21. The maximum Gasteiger partial charge on any atom is 0.226 e. The molecule has 2 rings (SSSR count). The molecule has 0 radical (unpaired) electrons. The fourth-order valence-electron chi connectivity index (χ4n) is 3.85. The molecule has 0 unspecified atom stereocenters. The van der Waals surface area contributed by atoms with Gasteiger partial charge in [0.05, 0.1) is 18.6 Å². The van der Waals surface area contributed by atoms with Gasteiger partial charge in [-0.15, -0.1) is 0 Å². The minimum absolute atomic E-state index is 0.0138. The van der Waals surface area contributed by atoms with Crippen molar-refractivity contribution in [2.75, 3.05) is 27.2 Å². The van der Waals surface area contributed by atoms with E-state index in [0.717, 1.165) is 18.4 Å². The van der Waals surface area contributed by atoms with Crippen molar-refractivity contribution in [3.63, 3.8) is 0 Å². The molecule has 144 valence electrons. The topological polar surface area (TPSA) is 58.6 Å². The summed E-state index contributed by atoms with van der Waals surface area (Å²) >= 11 is 0. The molecule has 5 heteroatoms. The Hall–Kier alpha value is -1.88. The van der Waals surface area contributed by atoms with Crippen LogP contribution < -0.4 is 5.32 Å². The van der Waals surface area contributed by atoms with Crippen molar-refractivity contribution in [3.05, 3.63) is 35.9 Å². The van der Waals surface area contributed by atoms with Gasteiger partial charge in [-0.3, -0.25) is 9.59 Å². The van der Waals surface area contributed by atoms with Crippen LogP contribution in [0.4, 0.5) is 0 Å². The van der Waals surface area contributed by atoms with E-state index < -0.39 is 5.41 Å². The molecule has 0 spiro atoms. The Morgan fingerprint density at radius 2 is 1.85 bits per heavy atom. The minimum Gasteiger partial charge on any atom is -0.375 e.